The van der Waals surface area contributed by atoms with Crippen LogP contribution in [-0.4, -0.2) is 23.5 Å². The van der Waals surface area contributed by atoms with E-state index in [1.54, 1.807) is 6.92 Å². The minimum absolute atomic E-state index is 0.0926. The smallest absolute Gasteiger partial charge is 0.315 e. The molecule has 132 valence electrons. The van der Waals surface area contributed by atoms with Gasteiger partial charge in [0.25, 0.3) is 0 Å². The summed E-state index contributed by atoms with van der Waals surface area (Å²) in [5.41, 5.74) is 1.74. The number of carbonyl (C=O) groups is 2. The quantitative estimate of drug-likeness (QED) is 0.824. The highest BCUT2D eigenvalue weighted by atomic mass is 32.1. The second-order valence-electron chi connectivity index (χ2n) is 6.15. The number of fused-ring (bicyclic) bond motifs is 1. The standard InChI is InChI=1S/C19H22N2O3S/c1-3-24-18(23)14-10-7-11-15-16(14)20-19(25-15)21-17(22)12(2)13-8-5-4-6-9-13/h4-6,8-9,12,14H,3,7,10-11H2,1-2H3,(H,20,21,22). The summed E-state index contributed by atoms with van der Waals surface area (Å²) in [5, 5.41) is 3.47. The van der Waals surface area contributed by atoms with E-state index in [1.807, 2.05) is 37.3 Å². The lowest BCUT2D eigenvalue weighted by molar-refractivity contribution is -0.145. The van der Waals surface area contributed by atoms with Gasteiger partial charge in [-0.05, 0) is 38.7 Å². The Balaban J connectivity index is 1.74. The van der Waals surface area contributed by atoms with Crippen LogP contribution in [0.1, 0.15) is 54.7 Å². The molecule has 1 aromatic heterocycles. The van der Waals surface area contributed by atoms with Crippen LogP contribution >= 0.6 is 11.3 Å². The zero-order valence-corrected chi connectivity index (χ0v) is 15.3. The van der Waals surface area contributed by atoms with Gasteiger partial charge in [0.05, 0.1) is 18.2 Å². The predicted octanol–water partition coefficient (Wildman–Crippen LogP) is 3.87. The molecule has 1 aromatic carbocycles. The van der Waals surface area contributed by atoms with E-state index in [-0.39, 0.29) is 23.7 Å². The minimum Gasteiger partial charge on any atom is -0.465 e. The number of ether oxygens (including phenoxy) is 1. The van der Waals surface area contributed by atoms with Gasteiger partial charge in [0.1, 0.15) is 5.92 Å². The number of nitrogens with zero attached hydrogens (tertiary/aromatic N) is 1. The van der Waals surface area contributed by atoms with Gasteiger partial charge in [0, 0.05) is 4.88 Å². The molecule has 0 aliphatic heterocycles. The molecule has 2 unspecified atom stereocenters. The third kappa shape index (κ3) is 3.90. The van der Waals surface area contributed by atoms with Crippen LogP contribution in [0.25, 0.3) is 0 Å². The number of rotatable bonds is 5. The molecule has 1 aliphatic carbocycles. The topological polar surface area (TPSA) is 68.3 Å². The molecule has 5 nitrogen and oxygen atoms in total. The Bertz CT molecular complexity index is 757. The van der Waals surface area contributed by atoms with Crippen molar-refractivity contribution in [2.75, 3.05) is 11.9 Å². The van der Waals surface area contributed by atoms with Crippen LogP contribution in [0.3, 0.4) is 0 Å². The summed E-state index contributed by atoms with van der Waals surface area (Å²) >= 11 is 1.46. The Hall–Kier alpha value is -2.21. The normalized spacial score (nSPS) is 17.4. The Kier molecular flexibility index (Phi) is 5.48. The van der Waals surface area contributed by atoms with Crippen molar-refractivity contribution >= 4 is 28.3 Å². The molecule has 0 fully saturated rings. The number of thiazole rings is 1. The molecule has 1 aliphatic rings. The van der Waals surface area contributed by atoms with Crippen molar-refractivity contribution in [2.45, 2.75) is 44.9 Å². The fourth-order valence-electron chi connectivity index (χ4n) is 3.05. The minimum atomic E-state index is -0.308. The maximum Gasteiger partial charge on any atom is 0.315 e. The van der Waals surface area contributed by atoms with Crippen molar-refractivity contribution in [1.82, 2.24) is 4.98 Å². The van der Waals surface area contributed by atoms with Crippen molar-refractivity contribution in [1.29, 1.82) is 0 Å². The largest absolute Gasteiger partial charge is 0.465 e. The molecule has 1 heterocycles. The maximum absolute atomic E-state index is 12.5. The monoisotopic (exact) mass is 358 g/mol. The highest BCUT2D eigenvalue weighted by Gasteiger charge is 2.31. The Morgan fingerprint density at radius 2 is 2.12 bits per heavy atom. The molecule has 0 radical (unpaired) electrons. The molecule has 0 bridgehead atoms. The molecule has 6 heteroatoms. The summed E-state index contributed by atoms with van der Waals surface area (Å²) in [6.07, 6.45) is 2.59. The van der Waals surface area contributed by atoms with E-state index in [1.165, 1.54) is 11.3 Å². The average Bonchev–Trinajstić information content (AvgIpc) is 3.04. The van der Waals surface area contributed by atoms with Crippen molar-refractivity contribution in [3.63, 3.8) is 0 Å². The lowest BCUT2D eigenvalue weighted by Crippen LogP contribution is -2.21. The first-order valence-corrected chi connectivity index (χ1v) is 9.43. The number of carbonyl (C=O) groups excluding carboxylic acids is 2. The van der Waals surface area contributed by atoms with E-state index in [4.69, 9.17) is 4.74 Å². The van der Waals surface area contributed by atoms with Gasteiger partial charge in [0.15, 0.2) is 5.13 Å². The second-order valence-corrected chi connectivity index (χ2v) is 7.23. The molecule has 3 rings (SSSR count). The molecule has 0 spiro atoms. The Labute approximate surface area is 151 Å². The van der Waals surface area contributed by atoms with E-state index >= 15 is 0 Å². The number of benzene rings is 1. The summed E-state index contributed by atoms with van der Waals surface area (Å²) < 4.78 is 5.16. The first-order valence-electron chi connectivity index (χ1n) is 8.62. The Morgan fingerprint density at radius 1 is 1.36 bits per heavy atom. The molecule has 25 heavy (non-hydrogen) atoms. The first kappa shape index (κ1) is 17.6. The first-order chi connectivity index (χ1) is 12.1. The lowest BCUT2D eigenvalue weighted by atomic mass is 9.91. The SMILES string of the molecule is CCOC(=O)C1CCCc2sc(NC(=O)C(C)c3ccccc3)nc21. The van der Waals surface area contributed by atoms with E-state index in [0.29, 0.717) is 11.7 Å². The number of anilines is 1. The zero-order chi connectivity index (χ0) is 17.8. The number of nitrogens with one attached hydrogen (secondary N) is 1. The van der Waals surface area contributed by atoms with Crippen molar-refractivity contribution in [3.8, 4) is 0 Å². The van der Waals surface area contributed by atoms with Crippen LogP contribution in [0, 0.1) is 0 Å². The molecule has 1 N–H and O–H groups in total. The van der Waals surface area contributed by atoms with Crippen molar-refractivity contribution in [2.24, 2.45) is 0 Å². The third-order valence-corrected chi connectivity index (χ3v) is 5.49. The predicted molar refractivity (Wildman–Crippen MR) is 97.9 cm³/mol. The van der Waals surface area contributed by atoms with Gasteiger partial charge in [-0.3, -0.25) is 9.59 Å². The number of hydrogen-bond acceptors (Lipinski definition) is 5. The highest BCUT2D eigenvalue weighted by Crippen LogP contribution is 2.37. The van der Waals surface area contributed by atoms with Gasteiger partial charge < -0.3 is 10.1 Å². The van der Waals surface area contributed by atoms with Gasteiger partial charge in [0.2, 0.25) is 5.91 Å². The van der Waals surface area contributed by atoms with Gasteiger partial charge >= 0.3 is 5.97 Å². The highest BCUT2D eigenvalue weighted by molar-refractivity contribution is 7.15. The van der Waals surface area contributed by atoms with E-state index in [9.17, 15) is 9.59 Å². The summed E-state index contributed by atoms with van der Waals surface area (Å²) in [4.78, 5) is 30.3. The summed E-state index contributed by atoms with van der Waals surface area (Å²) in [6.45, 7) is 4.05. The van der Waals surface area contributed by atoms with E-state index < -0.39 is 0 Å². The number of hydrogen-bond donors (Lipinski definition) is 1. The maximum atomic E-state index is 12.5. The summed E-state index contributed by atoms with van der Waals surface area (Å²) in [5.74, 6) is -0.880. The zero-order valence-electron chi connectivity index (χ0n) is 14.5. The number of aryl methyl sites for hydroxylation is 1. The van der Waals surface area contributed by atoms with Crippen LogP contribution in [0.2, 0.25) is 0 Å². The number of amides is 1. The molecule has 1 amide bonds. The number of aromatic nitrogens is 1. The van der Waals surface area contributed by atoms with Crippen LogP contribution in [0.15, 0.2) is 30.3 Å². The number of esters is 1. The van der Waals surface area contributed by atoms with Crippen molar-refractivity contribution < 1.29 is 14.3 Å². The fourth-order valence-corrected chi connectivity index (χ4v) is 4.12. The molecular formula is C19H22N2O3S. The van der Waals surface area contributed by atoms with Crippen LogP contribution < -0.4 is 5.32 Å². The fraction of sp³-hybridized carbons (Fsp3) is 0.421. The lowest BCUT2D eigenvalue weighted by Gasteiger charge is -2.19. The molecule has 0 saturated heterocycles. The summed E-state index contributed by atoms with van der Waals surface area (Å²) in [6, 6.07) is 9.65. The molecular weight excluding hydrogens is 336 g/mol. The average molecular weight is 358 g/mol. The van der Waals surface area contributed by atoms with Gasteiger partial charge in [-0.2, -0.15) is 0 Å². The van der Waals surface area contributed by atoms with Crippen LogP contribution in [0.5, 0.6) is 0 Å². The molecule has 0 saturated carbocycles. The third-order valence-electron chi connectivity index (χ3n) is 4.45. The second kappa shape index (κ2) is 7.78. The van der Waals surface area contributed by atoms with E-state index in [0.717, 1.165) is 35.4 Å². The van der Waals surface area contributed by atoms with Gasteiger partial charge in [-0.15, -0.1) is 11.3 Å². The van der Waals surface area contributed by atoms with E-state index in [2.05, 4.69) is 10.3 Å². The van der Waals surface area contributed by atoms with Gasteiger partial charge in [-0.1, -0.05) is 30.3 Å². The molecule has 2 atom stereocenters. The Morgan fingerprint density at radius 3 is 2.84 bits per heavy atom. The molecule has 2 aromatic rings. The summed E-state index contributed by atoms with van der Waals surface area (Å²) in [7, 11) is 0. The van der Waals surface area contributed by atoms with Crippen LogP contribution in [0.4, 0.5) is 5.13 Å². The van der Waals surface area contributed by atoms with Crippen LogP contribution in [-0.2, 0) is 20.7 Å². The van der Waals surface area contributed by atoms with Gasteiger partial charge in [-0.25, -0.2) is 4.98 Å². The van der Waals surface area contributed by atoms with Crippen molar-refractivity contribution in [3.05, 3.63) is 46.5 Å².